The summed E-state index contributed by atoms with van der Waals surface area (Å²) in [6.45, 7) is 0.758. The zero-order valence-electron chi connectivity index (χ0n) is 9.28. The molecule has 0 amide bonds. The molecule has 2 rings (SSSR count). The van der Waals surface area contributed by atoms with E-state index in [1.54, 1.807) is 0 Å². The van der Waals surface area contributed by atoms with E-state index in [0.29, 0.717) is 6.04 Å². The number of ether oxygens (including phenoxy) is 1. The Hall–Kier alpha value is -0.230. The molecule has 16 heavy (non-hydrogen) atoms. The number of hydrogen-bond acceptors (Lipinski definition) is 2. The van der Waals surface area contributed by atoms with Gasteiger partial charge < -0.3 is 28.7 Å². The SMILES string of the molecule is CSC1=[NH+][C@H](COc2ccccc2)CC1.[I-]. The van der Waals surface area contributed by atoms with Crippen LogP contribution in [0.3, 0.4) is 0 Å². The molecule has 1 aromatic carbocycles. The lowest BCUT2D eigenvalue weighted by atomic mass is 10.2. The maximum absolute atomic E-state index is 5.70. The number of para-hydroxylation sites is 1. The topological polar surface area (TPSA) is 23.2 Å². The van der Waals surface area contributed by atoms with Crippen molar-refractivity contribution in [3.05, 3.63) is 30.3 Å². The van der Waals surface area contributed by atoms with Crippen molar-refractivity contribution in [3.8, 4) is 5.75 Å². The van der Waals surface area contributed by atoms with E-state index in [-0.39, 0.29) is 24.0 Å². The first-order valence-electron chi connectivity index (χ1n) is 5.22. The molecule has 0 aliphatic carbocycles. The van der Waals surface area contributed by atoms with E-state index in [1.807, 2.05) is 42.1 Å². The van der Waals surface area contributed by atoms with E-state index < -0.39 is 0 Å². The van der Waals surface area contributed by atoms with E-state index in [0.717, 1.165) is 12.4 Å². The normalized spacial score (nSPS) is 18.8. The second-order valence-electron chi connectivity index (χ2n) is 3.63. The van der Waals surface area contributed by atoms with Gasteiger partial charge >= 0.3 is 0 Å². The van der Waals surface area contributed by atoms with Gasteiger partial charge in [0, 0.05) is 12.8 Å². The molecule has 0 bridgehead atoms. The predicted molar refractivity (Wildman–Crippen MR) is 64.4 cm³/mol. The van der Waals surface area contributed by atoms with Crippen LogP contribution < -0.4 is 33.7 Å². The van der Waals surface area contributed by atoms with Crippen LogP contribution in [0.2, 0.25) is 0 Å². The van der Waals surface area contributed by atoms with Crippen LogP contribution in [0.1, 0.15) is 12.8 Å². The highest BCUT2D eigenvalue weighted by Gasteiger charge is 2.23. The fourth-order valence-electron chi connectivity index (χ4n) is 1.68. The van der Waals surface area contributed by atoms with E-state index in [4.69, 9.17) is 4.74 Å². The van der Waals surface area contributed by atoms with Crippen molar-refractivity contribution in [2.45, 2.75) is 18.9 Å². The summed E-state index contributed by atoms with van der Waals surface area (Å²) in [6, 6.07) is 10.5. The third kappa shape index (κ3) is 3.97. The quantitative estimate of drug-likeness (QED) is 0.643. The van der Waals surface area contributed by atoms with Gasteiger partial charge in [0.15, 0.2) is 6.04 Å². The minimum absolute atomic E-state index is 0. The Balaban J connectivity index is 0.00000128. The predicted octanol–water partition coefficient (Wildman–Crippen LogP) is -1.93. The molecule has 0 spiro atoms. The highest BCUT2D eigenvalue weighted by atomic mass is 127. The minimum Gasteiger partial charge on any atom is -1.00 e. The second-order valence-corrected chi connectivity index (χ2v) is 4.53. The summed E-state index contributed by atoms with van der Waals surface area (Å²) in [5, 5.41) is 1.39. The van der Waals surface area contributed by atoms with Gasteiger partial charge in [-0.15, -0.1) is 0 Å². The summed E-state index contributed by atoms with van der Waals surface area (Å²) in [5.41, 5.74) is 0. The Morgan fingerprint density at radius 1 is 1.38 bits per heavy atom. The Morgan fingerprint density at radius 2 is 2.12 bits per heavy atom. The molecule has 0 radical (unpaired) electrons. The number of thioether (sulfide) groups is 1. The van der Waals surface area contributed by atoms with Gasteiger partial charge in [0.25, 0.3) is 0 Å². The van der Waals surface area contributed by atoms with E-state index in [1.165, 1.54) is 17.9 Å². The molecule has 1 heterocycles. The lowest BCUT2D eigenvalue weighted by Crippen LogP contribution is -3.00. The Bertz CT molecular complexity index is 342. The Labute approximate surface area is 118 Å². The van der Waals surface area contributed by atoms with Gasteiger partial charge in [0.2, 0.25) is 5.04 Å². The van der Waals surface area contributed by atoms with Crippen LogP contribution in [0.4, 0.5) is 0 Å². The fourth-order valence-corrected chi connectivity index (χ4v) is 2.28. The third-order valence-corrected chi connectivity index (χ3v) is 3.34. The fraction of sp³-hybridized carbons (Fsp3) is 0.417. The number of benzene rings is 1. The van der Waals surface area contributed by atoms with Gasteiger partial charge in [-0.25, -0.2) is 4.99 Å². The van der Waals surface area contributed by atoms with Gasteiger partial charge in [-0.05, 0) is 18.4 Å². The van der Waals surface area contributed by atoms with Crippen molar-refractivity contribution in [1.82, 2.24) is 0 Å². The van der Waals surface area contributed by atoms with Gasteiger partial charge in [0.05, 0.1) is 0 Å². The largest absolute Gasteiger partial charge is 1.00 e. The maximum Gasteiger partial charge on any atom is 0.209 e. The molecule has 0 fully saturated rings. The summed E-state index contributed by atoms with van der Waals surface area (Å²) in [7, 11) is 0. The van der Waals surface area contributed by atoms with Crippen LogP contribution in [-0.4, -0.2) is 23.9 Å². The van der Waals surface area contributed by atoms with Crippen LogP contribution in [0.15, 0.2) is 30.3 Å². The van der Waals surface area contributed by atoms with Crippen molar-refractivity contribution in [1.29, 1.82) is 0 Å². The standard InChI is InChI=1S/C12H15NOS.HI/c1-15-12-8-7-10(13-12)9-14-11-5-3-2-4-6-11;/h2-6,10H,7-9H2,1H3;1H/t10-;/m0./s1. The van der Waals surface area contributed by atoms with Crippen molar-refractivity contribution in [2.24, 2.45) is 0 Å². The molecular weight excluding hydrogens is 333 g/mol. The van der Waals surface area contributed by atoms with Crippen LogP contribution in [0.5, 0.6) is 5.75 Å². The van der Waals surface area contributed by atoms with Crippen molar-refractivity contribution in [3.63, 3.8) is 0 Å². The molecule has 2 nitrogen and oxygen atoms in total. The zero-order valence-corrected chi connectivity index (χ0v) is 12.3. The average Bonchev–Trinajstić information content (AvgIpc) is 2.76. The monoisotopic (exact) mass is 349 g/mol. The van der Waals surface area contributed by atoms with Crippen molar-refractivity contribution < 1.29 is 33.7 Å². The van der Waals surface area contributed by atoms with E-state index in [9.17, 15) is 0 Å². The molecule has 0 unspecified atom stereocenters. The Morgan fingerprint density at radius 3 is 2.75 bits per heavy atom. The van der Waals surface area contributed by atoms with Crippen LogP contribution in [0.25, 0.3) is 0 Å². The van der Waals surface area contributed by atoms with E-state index >= 15 is 0 Å². The first-order chi connectivity index (χ1) is 7.38. The number of rotatable bonds is 3. The smallest absolute Gasteiger partial charge is 0.209 e. The molecule has 88 valence electrons. The molecule has 1 aliphatic rings. The third-order valence-electron chi connectivity index (χ3n) is 2.53. The second kappa shape index (κ2) is 7.17. The zero-order chi connectivity index (χ0) is 10.5. The molecule has 1 aromatic rings. The summed E-state index contributed by atoms with van der Waals surface area (Å²) < 4.78 is 5.70. The van der Waals surface area contributed by atoms with Crippen LogP contribution in [-0.2, 0) is 0 Å². The Kier molecular flexibility index (Phi) is 6.20. The molecule has 0 aromatic heterocycles. The van der Waals surface area contributed by atoms with Crippen LogP contribution >= 0.6 is 11.8 Å². The molecule has 4 heteroatoms. The molecule has 0 saturated heterocycles. The van der Waals surface area contributed by atoms with E-state index in [2.05, 4.69) is 11.2 Å². The highest BCUT2D eigenvalue weighted by Crippen LogP contribution is 2.11. The summed E-state index contributed by atoms with van der Waals surface area (Å²) >= 11 is 1.81. The molecule has 0 saturated carbocycles. The first-order valence-corrected chi connectivity index (χ1v) is 6.45. The minimum atomic E-state index is 0. The molecule has 1 N–H and O–H groups in total. The highest BCUT2D eigenvalue weighted by molar-refractivity contribution is 8.13. The van der Waals surface area contributed by atoms with Gasteiger partial charge in [-0.3, -0.25) is 0 Å². The first kappa shape index (κ1) is 13.8. The number of halogens is 1. The lowest BCUT2D eigenvalue weighted by Gasteiger charge is -2.05. The lowest BCUT2D eigenvalue weighted by molar-refractivity contribution is -0.493. The summed E-state index contributed by atoms with van der Waals surface area (Å²) in [4.78, 5) is 3.47. The molecule has 1 atom stereocenters. The van der Waals surface area contributed by atoms with Crippen molar-refractivity contribution >= 4 is 16.8 Å². The number of hydrogen-bond donors (Lipinski definition) is 1. The van der Waals surface area contributed by atoms with Crippen molar-refractivity contribution in [2.75, 3.05) is 12.9 Å². The van der Waals surface area contributed by atoms with Gasteiger partial charge in [-0.2, -0.15) is 0 Å². The molecule has 1 aliphatic heterocycles. The summed E-state index contributed by atoms with van der Waals surface area (Å²) in [6.07, 6.45) is 4.47. The number of nitrogens with one attached hydrogen (secondary N) is 1. The molecular formula is C12H16INOS. The van der Waals surface area contributed by atoms with Gasteiger partial charge in [-0.1, -0.05) is 30.0 Å². The van der Waals surface area contributed by atoms with Gasteiger partial charge in [0.1, 0.15) is 12.4 Å². The summed E-state index contributed by atoms with van der Waals surface area (Å²) in [5.74, 6) is 0.955. The average molecular weight is 349 g/mol. The van der Waals surface area contributed by atoms with Crippen LogP contribution in [0, 0.1) is 0 Å². The maximum atomic E-state index is 5.70.